The maximum atomic E-state index is 12.4. The second kappa shape index (κ2) is 7.61. The van der Waals surface area contributed by atoms with Gasteiger partial charge in [-0.2, -0.15) is 0 Å². The Morgan fingerprint density at radius 2 is 1.96 bits per heavy atom. The first-order valence-electron chi connectivity index (χ1n) is 8.00. The Hall–Kier alpha value is -2.52. The highest BCUT2D eigenvalue weighted by molar-refractivity contribution is 8.00. The van der Waals surface area contributed by atoms with Gasteiger partial charge in [-0.15, -0.1) is 11.8 Å². The highest BCUT2D eigenvalue weighted by Gasteiger charge is 2.54. The largest absolute Gasteiger partial charge is 0.477 e. The number of hydrogen-bond donors (Lipinski definition) is 3. The monoisotopic (exact) mass is 409 g/mol. The lowest BCUT2D eigenvalue weighted by atomic mass is 10.0. The number of hydrogen-bond acceptors (Lipinski definition) is 5. The number of carbonyl (C=O) groups is 4. The Kier molecular flexibility index (Phi) is 5.43. The molecule has 1 unspecified atom stereocenters. The van der Waals surface area contributed by atoms with Crippen LogP contribution in [0.3, 0.4) is 0 Å². The molecular weight excluding hydrogens is 394 g/mol. The zero-order valence-electron chi connectivity index (χ0n) is 14.2. The number of halogens is 1. The van der Waals surface area contributed by atoms with Crippen molar-refractivity contribution in [3.05, 3.63) is 46.2 Å². The number of aliphatic carboxylic acids is 1. The predicted octanol–water partition coefficient (Wildman–Crippen LogP) is 0.715. The molecule has 2 aliphatic heterocycles. The van der Waals surface area contributed by atoms with E-state index in [0.29, 0.717) is 5.02 Å². The van der Waals surface area contributed by atoms with E-state index in [1.807, 2.05) is 0 Å². The van der Waals surface area contributed by atoms with Gasteiger partial charge in [0.2, 0.25) is 11.8 Å². The van der Waals surface area contributed by atoms with Crippen LogP contribution in [0.4, 0.5) is 0 Å². The van der Waals surface area contributed by atoms with Gasteiger partial charge in [0.15, 0.2) is 5.70 Å². The quantitative estimate of drug-likeness (QED) is 0.617. The van der Waals surface area contributed by atoms with Crippen LogP contribution < -0.4 is 10.6 Å². The minimum absolute atomic E-state index is 0.0805. The van der Waals surface area contributed by atoms with E-state index in [1.165, 1.54) is 18.7 Å². The van der Waals surface area contributed by atoms with Crippen LogP contribution in [0.1, 0.15) is 12.5 Å². The maximum Gasteiger partial charge on any atom is 0.354 e. The highest BCUT2D eigenvalue weighted by atomic mass is 35.5. The number of fused-ring (bicyclic) bond motifs is 1. The van der Waals surface area contributed by atoms with Crippen LogP contribution in [-0.4, -0.2) is 50.9 Å². The number of β-lactam (4-membered cyclic amide) rings is 1. The number of nitrogens with one attached hydrogen (secondary N) is 2. The maximum absolute atomic E-state index is 12.4. The molecule has 3 amide bonds. The standard InChI is InChI=1S/C17H16ClN3O5S/c1-8(22)19-11-7-27-16-13(15(24)21(16)14(11)17(25)26)20-12(23)6-9-2-4-10(18)5-3-9/h2-5,13,16H,6-7H2,1H3,(H,19,22)(H,20,23)(H,25,26)/t13?,16-/m0/s1. The van der Waals surface area contributed by atoms with Crippen molar-refractivity contribution < 1.29 is 24.3 Å². The van der Waals surface area contributed by atoms with Crippen molar-refractivity contribution in [2.75, 3.05) is 5.75 Å². The number of rotatable bonds is 5. The number of nitrogens with zero attached hydrogens (tertiary/aromatic N) is 1. The van der Waals surface area contributed by atoms with Gasteiger partial charge in [0.25, 0.3) is 5.91 Å². The normalized spacial score (nSPS) is 21.3. The van der Waals surface area contributed by atoms with Crippen molar-refractivity contribution in [3.63, 3.8) is 0 Å². The summed E-state index contributed by atoms with van der Waals surface area (Å²) < 4.78 is 0. The Labute approximate surface area is 163 Å². The lowest BCUT2D eigenvalue weighted by Crippen LogP contribution is -2.71. The van der Waals surface area contributed by atoms with Crippen molar-refractivity contribution >= 4 is 47.1 Å². The van der Waals surface area contributed by atoms with Crippen molar-refractivity contribution in [3.8, 4) is 0 Å². The average Bonchev–Trinajstić information content (AvgIpc) is 2.60. The van der Waals surface area contributed by atoms with Gasteiger partial charge in [-0.3, -0.25) is 19.3 Å². The van der Waals surface area contributed by atoms with Crippen molar-refractivity contribution in [1.29, 1.82) is 0 Å². The highest BCUT2D eigenvalue weighted by Crippen LogP contribution is 2.39. The molecule has 8 nitrogen and oxygen atoms in total. The fourth-order valence-electron chi connectivity index (χ4n) is 2.94. The molecule has 10 heteroatoms. The average molecular weight is 410 g/mol. The molecule has 2 heterocycles. The molecule has 1 aromatic carbocycles. The number of benzene rings is 1. The van der Waals surface area contributed by atoms with Gasteiger partial charge in [0, 0.05) is 17.7 Å². The van der Waals surface area contributed by atoms with Crippen LogP contribution in [0.25, 0.3) is 0 Å². The molecule has 2 aliphatic rings. The van der Waals surface area contributed by atoms with E-state index in [2.05, 4.69) is 10.6 Å². The van der Waals surface area contributed by atoms with Crippen LogP contribution in [0.2, 0.25) is 5.02 Å². The van der Waals surface area contributed by atoms with Gasteiger partial charge < -0.3 is 15.7 Å². The molecule has 0 aliphatic carbocycles. The summed E-state index contributed by atoms with van der Waals surface area (Å²) in [7, 11) is 0. The Morgan fingerprint density at radius 1 is 1.30 bits per heavy atom. The molecular formula is C17H16ClN3O5S. The molecule has 27 heavy (non-hydrogen) atoms. The first-order valence-corrected chi connectivity index (χ1v) is 9.43. The van der Waals surface area contributed by atoms with Gasteiger partial charge in [0.1, 0.15) is 11.4 Å². The van der Waals surface area contributed by atoms with Crippen molar-refractivity contribution in [2.24, 2.45) is 0 Å². The van der Waals surface area contributed by atoms with Crippen LogP contribution in [0.5, 0.6) is 0 Å². The molecule has 0 aromatic heterocycles. The molecule has 1 saturated heterocycles. The molecule has 1 aromatic rings. The number of thioether (sulfide) groups is 1. The minimum Gasteiger partial charge on any atom is -0.477 e. The molecule has 0 radical (unpaired) electrons. The molecule has 1 fully saturated rings. The van der Waals surface area contributed by atoms with Crippen molar-refractivity contribution in [1.82, 2.24) is 15.5 Å². The van der Waals surface area contributed by atoms with Gasteiger partial charge in [-0.05, 0) is 17.7 Å². The number of amides is 3. The Morgan fingerprint density at radius 3 is 2.56 bits per heavy atom. The number of carboxylic acids is 1. The summed E-state index contributed by atoms with van der Waals surface area (Å²) >= 11 is 7.09. The van der Waals surface area contributed by atoms with E-state index < -0.39 is 29.2 Å². The third-order valence-corrected chi connectivity index (χ3v) is 5.62. The molecule has 0 bridgehead atoms. The lowest BCUT2D eigenvalue weighted by Gasteiger charge is -2.49. The third kappa shape index (κ3) is 3.93. The summed E-state index contributed by atoms with van der Waals surface area (Å²) in [6.07, 6.45) is 0.0805. The summed E-state index contributed by atoms with van der Waals surface area (Å²) in [6.45, 7) is 1.26. The van der Waals surface area contributed by atoms with Crippen LogP contribution in [-0.2, 0) is 25.6 Å². The smallest absolute Gasteiger partial charge is 0.354 e. The number of carboxylic acid groups (broad SMARTS) is 1. The fourth-order valence-corrected chi connectivity index (χ4v) is 4.35. The SMILES string of the molecule is CC(=O)NC1=C(C(=O)O)N2C(=O)C(NC(=O)Cc3ccc(Cl)cc3)[C@@H]2SC1. The van der Waals surface area contributed by atoms with Gasteiger partial charge in [-0.25, -0.2) is 4.79 Å². The van der Waals surface area contributed by atoms with E-state index in [4.69, 9.17) is 11.6 Å². The van der Waals surface area contributed by atoms with E-state index >= 15 is 0 Å². The summed E-state index contributed by atoms with van der Waals surface area (Å²) in [5.74, 6) is -2.35. The molecule has 0 saturated carbocycles. The first kappa shape index (κ1) is 19.2. The Bertz CT molecular complexity index is 855. The summed E-state index contributed by atoms with van der Waals surface area (Å²) in [5.41, 5.74) is 0.675. The van der Waals surface area contributed by atoms with Crippen LogP contribution in [0.15, 0.2) is 35.7 Å². The van der Waals surface area contributed by atoms with E-state index in [-0.39, 0.29) is 29.5 Å². The third-order valence-electron chi connectivity index (χ3n) is 4.09. The fraction of sp³-hybridized carbons (Fsp3) is 0.294. The van der Waals surface area contributed by atoms with Gasteiger partial charge >= 0.3 is 5.97 Å². The van der Waals surface area contributed by atoms with E-state index in [9.17, 15) is 24.3 Å². The summed E-state index contributed by atoms with van der Waals surface area (Å²) in [6, 6.07) is 5.98. The molecule has 2 atom stereocenters. The topological polar surface area (TPSA) is 116 Å². The van der Waals surface area contributed by atoms with Crippen LogP contribution in [0, 0.1) is 0 Å². The summed E-state index contributed by atoms with van der Waals surface area (Å²) in [4.78, 5) is 48.6. The second-order valence-electron chi connectivity index (χ2n) is 6.07. The Balaban J connectivity index is 1.69. The lowest BCUT2D eigenvalue weighted by molar-refractivity contribution is -0.150. The minimum atomic E-state index is -1.30. The van der Waals surface area contributed by atoms with Crippen molar-refractivity contribution in [2.45, 2.75) is 24.8 Å². The van der Waals surface area contributed by atoms with Gasteiger partial charge in [0.05, 0.1) is 12.1 Å². The number of carbonyl (C=O) groups excluding carboxylic acids is 3. The van der Waals surface area contributed by atoms with E-state index in [0.717, 1.165) is 10.5 Å². The summed E-state index contributed by atoms with van der Waals surface area (Å²) in [5, 5.41) is 14.6. The molecule has 3 rings (SSSR count). The predicted molar refractivity (Wildman–Crippen MR) is 98.7 cm³/mol. The zero-order valence-corrected chi connectivity index (χ0v) is 15.8. The van der Waals surface area contributed by atoms with E-state index in [1.54, 1.807) is 24.3 Å². The molecule has 3 N–H and O–H groups in total. The zero-order chi connectivity index (χ0) is 19.7. The molecule has 0 spiro atoms. The van der Waals surface area contributed by atoms with Crippen LogP contribution >= 0.6 is 23.4 Å². The second-order valence-corrected chi connectivity index (χ2v) is 7.61. The first-order chi connectivity index (χ1) is 12.8. The molecule has 142 valence electrons. The van der Waals surface area contributed by atoms with Gasteiger partial charge in [-0.1, -0.05) is 23.7 Å².